The van der Waals surface area contributed by atoms with E-state index >= 15 is 0 Å². The van der Waals surface area contributed by atoms with Gasteiger partial charge in [-0.25, -0.2) is 8.70 Å². The van der Waals surface area contributed by atoms with Crippen LogP contribution in [0.25, 0.3) is 0 Å². The minimum Gasteiger partial charge on any atom is -0.355 e. The largest absolute Gasteiger partial charge is 0.355 e. The van der Waals surface area contributed by atoms with Crippen molar-refractivity contribution in [2.45, 2.75) is 25.9 Å². The number of hydrogen-bond donors (Lipinski definition) is 1. The fraction of sp³-hybridized carbons (Fsp3) is 0.286. The Kier molecular flexibility index (Phi) is 10.4. The van der Waals surface area contributed by atoms with Crippen LogP contribution in [0.3, 0.4) is 0 Å². The van der Waals surface area contributed by atoms with Gasteiger partial charge in [0.25, 0.3) is 0 Å². The number of para-hydroxylation sites is 1. The topological polar surface area (TPSA) is 90.0 Å². The summed E-state index contributed by atoms with van der Waals surface area (Å²) in [5.41, 5.74) is 1.22. The minimum atomic E-state index is -4.28. The quantitative estimate of drug-likeness (QED) is 0.356. The Balaban J connectivity index is 2.08. The Morgan fingerprint density at radius 1 is 0.923 bits per heavy atom. The van der Waals surface area contributed by atoms with Gasteiger partial charge in [-0.05, 0) is 42.3 Å². The smallest absolute Gasteiger partial charge is 0.304 e. The van der Waals surface area contributed by atoms with Crippen molar-refractivity contribution < 1.29 is 22.4 Å². The third-order valence-electron chi connectivity index (χ3n) is 6.03. The molecule has 0 bridgehead atoms. The van der Waals surface area contributed by atoms with Gasteiger partial charge in [-0.1, -0.05) is 66.2 Å². The molecule has 3 rings (SSSR count). The summed E-state index contributed by atoms with van der Waals surface area (Å²) in [4.78, 5) is 28.7. The van der Waals surface area contributed by atoms with Gasteiger partial charge in [0.05, 0.1) is 5.69 Å². The van der Waals surface area contributed by atoms with E-state index in [2.05, 4.69) is 5.32 Å². The molecule has 0 saturated carbocycles. The van der Waals surface area contributed by atoms with Crippen molar-refractivity contribution in [3.8, 4) is 0 Å². The van der Waals surface area contributed by atoms with Crippen molar-refractivity contribution in [3.63, 3.8) is 0 Å². The monoisotopic (exact) mass is 574 g/mol. The Labute approximate surface area is 234 Å². The number of nitrogens with zero attached hydrogens (tertiary/aromatic N) is 3. The lowest BCUT2D eigenvalue weighted by molar-refractivity contribution is -0.140. The summed E-state index contributed by atoms with van der Waals surface area (Å²) in [6.07, 6.45) is 0.187. The molecule has 8 nitrogen and oxygen atoms in total. The number of nitrogens with one attached hydrogen (secondary N) is 1. The van der Waals surface area contributed by atoms with Crippen LogP contribution in [-0.2, 0) is 32.8 Å². The highest BCUT2D eigenvalue weighted by atomic mass is 35.5. The molecule has 0 aliphatic carbocycles. The van der Waals surface area contributed by atoms with E-state index in [-0.39, 0.29) is 18.7 Å². The van der Waals surface area contributed by atoms with Crippen LogP contribution in [0.15, 0.2) is 78.9 Å². The molecule has 1 unspecified atom stereocenters. The Morgan fingerprint density at radius 2 is 1.54 bits per heavy atom. The van der Waals surface area contributed by atoms with Crippen LogP contribution < -0.4 is 9.62 Å². The first-order valence-electron chi connectivity index (χ1n) is 12.3. The molecule has 1 atom stereocenters. The standard InChI is InChI=1S/C28H32ClFN4O4S/c1-4-31-28(36)26(18-21-10-6-5-7-11-21)33(19-22-14-16-23(29)17-15-22)27(35)20-34(39(37,38)32(2)3)25-13-9-8-12-24(25)30/h5-17,26H,4,18-20H2,1-3H3,(H,31,36). The van der Waals surface area contributed by atoms with Crippen LogP contribution in [0.4, 0.5) is 10.1 Å². The zero-order valence-electron chi connectivity index (χ0n) is 22.1. The van der Waals surface area contributed by atoms with Crippen LogP contribution in [-0.4, -0.2) is 62.7 Å². The molecule has 2 amide bonds. The van der Waals surface area contributed by atoms with E-state index < -0.39 is 40.4 Å². The van der Waals surface area contributed by atoms with Crippen LogP contribution in [0.5, 0.6) is 0 Å². The van der Waals surface area contributed by atoms with E-state index in [1.165, 1.54) is 37.2 Å². The first kappa shape index (κ1) is 30.1. The number of carbonyl (C=O) groups is 2. The summed E-state index contributed by atoms with van der Waals surface area (Å²) in [5, 5.41) is 3.29. The number of hydrogen-bond acceptors (Lipinski definition) is 4. The van der Waals surface area contributed by atoms with Crippen LogP contribution in [0, 0.1) is 5.82 Å². The molecule has 0 aromatic heterocycles. The maximum Gasteiger partial charge on any atom is 0.304 e. The molecule has 0 radical (unpaired) electrons. The number of rotatable bonds is 12. The van der Waals surface area contributed by atoms with Gasteiger partial charge in [-0.15, -0.1) is 0 Å². The summed E-state index contributed by atoms with van der Waals surface area (Å²) in [5.74, 6) is -1.87. The van der Waals surface area contributed by atoms with E-state index in [0.29, 0.717) is 17.1 Å². The van der Waals surface area contributed by atoms with E-state index in [9.17, 15) is 22.4 Å². The molecule has 208 valence electrons. The van der Waals surface area contributed by atoms with Gasteiger partial charge in [0, 0.05) is 38.6 Å². The van der Waals surface area contributed by atoms with Gasteiger partial charge >= 0.3 is 10.2 Å². The molecule has 39 heavy (non-hydrogen) atoms. The lowest BCUT2D eigenvalue weighted by Crippen LogP contribution is -2.54. The Morgan fingerprint density at radius 3 is 2.13 bits per heavy atom. The lowest BCUT2D eigenvalue weighted by Gasteiger charge is -2.34. The number of likely N-dealkylation sites (N-methyl/N-ethyl adjacent to an activating group) is 1. The third kappa shape index (κ3) is 7.78. The molecule has 0 fully saturated rings. The van der Waals surface area contributed by atoms with Crippen molar-refractivity contribution in [1.82, 2.24) is 14.5 Å². The molecule has 0 spiro atoms. The normalized spacial score (nSPS) is 12.2. The highest BCUT2D eigenvalue weighted by molar-refractivity contribution is 7.90. The predicted octanol–water partition coefficient (Wildman–Crippen LogP) is 3.87. The Hall–Kier alpha value is -3.47. The van der Waals surface area contributed by atoms with Gasteiger partial charge < -0.3 is 10.2 Å². The van der Waals surface area contributed by atoms with Crippen molar-refractivity contribution in [2.75, 3.05) is 31.5 Å². The molecule has 0 aliphatic heterocycles. The number of anilines is 1. The SMILES string of the molecule is CCNC(=O)C(Cc1ccccc1)N(Cc1ccc(Cl)cc1)C(=O)CN(c1ccccc1F)S(=O)(=O)N(C)C. The van der Waals surface area contributed by atoms with E-state index in [0.717, 1.165) is 20.2 Å². The van der Waals surface area contributed by atoms with Gasteiger partial charge in [0.15, 0.2) is 0 Å². The highest BCUT2D eigenvalue weighted by Crippen LogP contribution is 2.24. The van der Waals surface area contributed by atoms with E-state index in [4.69, 9.17) is 11.6 Å². The first-order valence-corrected chi connectivity index (χ1v) is 14.1. The lowest BCUT2D eigenvalue weighted by atomic mass is 10.0. The van der Waals surface area contributed by atoms with Crippen LogP contribution in [0.1, 0.15) is 18.1 Å². The second kappa shape index (κ2) is 13.5. The molecular formula is C28H32ClFN4O4S. The molecular weight excluding hydrogens is 543 g/mol. The van der Waals surface area contributed by atoms with Crippen LogP contribution >= 0.6 is 11.6 Å². The number of carbonyl (C=O) groups excluding carboxylic acids is 2. The fourth-order valence-corrected chi connectivity index (χ4v) is 5.18. The summed E-state index contributed by atoms with van der Waals surface area (Å²) < 4.78 is 43.0. The van der Waals surface area contributed by atoms with Gasteiger partial charge in [0.1, 0.15) is 18.4 Å². The van der Waals surface area contributed by atoms with Crippen molar-refractivity contribution in [2.24, 2.45) is 0 Å². The number of halogens is 2. The highest BCUT2D eigenvalue weighted by Gasteiger charge is 2.35. The third-order valence-corrected chi connectivity index (χ3v) is 8.09. The molecule has 1 N–H and O–H groups in total. The average Bonchev–Trinajstić information content (AvgIpc) is 2.91. The van der Waals surface area contributed by atoms with Gasteiger partial charge in [0.2, 0.25) is 11.8 Å². The van der Waals surface area contributed by atoms with Crippen molar-refractivity contribution in [3.05, 3.63) is 101 Å². The first-order chi connectivity index (χ1) is 18.5. The molecule has 0 aliphatic rings. The fourth-order valence-electron chi connectivity index (χ4n) is 3.99. The zero-order chi connectivity index (χ0) is 28.6. The molecule has 3 aromatic rings. The molecule has 0 heterocycles. The predicted molar refractivity (Wildman–Crippen MR) is 151 cm³/mol. The van der Waals surface area contributed by atoms with Crippen molar-refractivity contribution in [1.29, 1.82) is 0 Å². The molecule has 0 saturated heterocycles. The summed E-state index contributed by atoms with van der Waals surface area (Å²) in [7, 11) is -1.68. The maximum absolute atomic E-state index is 14.8. The maximum atomic E-state index is 14.8. The summed E-state index contributed by atoms with van der Waals surface area (Å²) >= 11 is 6.05. The minimum absolute atomic E-state index is 0.00222. The number of amides is 2. The molecule has 3 aromatic carbocycles. The second-order valence-corrected chi connectivity index (χ2v) is 11.5. The van der Waals surface area contributed by atoms with Gasteiger partial charge in [-0.2, -0.15) is 12.7 Å². The van der Waals surface area contributed by atoms with Gasteiger partial charge in [-0.3, -0.25) is 9.59 Å². The second-order valence-electron chi connectivity index (χ2n) is 9.00. The zero-order valence-corrected chi connectivity index (χ0v) is 23.6. The summed E-state index contributed by atoms with van der Waals surface area (Å²) in [6.45, 7) is 1.38. The van der Waals surface area contributed by atoms with E-state index in [1.807, 2.05) is 30.3 Å². The Bertz CT molecular complexity index is 1370. The van der Waals surface area contributed by atoms with Crippen molar-refractivity contribution >= 4 is 39.3 Å². The summed E-state index contributed by atoms with van der Waals surface area (Å²) in [6, 6.07) is 20.3. The van der Waals surface area contributed by atoms with Crippen LogP contribution in [0.2, 0.25) is 5.02 Å². The number of benzene rings is 3. The average molecular weight is 575 g/mol. The van der Waals surface area contributed by atoms with E-state index in [1.54, 1.807) is 31.2 Å². The molecule has 11 heteroatoms.